The number of nitrogens with one attached hydrogen (secondary N) is 2. The molecule has 2 N–H and O–H groups in total. The standard InChI is InChI=1S/C12H14ClFN2O/c1-7(8-2-3-8)15-12(17)16-11-5-4-9(13)6-10(11)14/h4-8H,2-3H2,1H3,(H2,15,16,17). The molecule has 0 aliphatic heterocycles. The highest BCUT2D eigenvalue weighted by Gasteiger charge is 2.28. The van der Waals surface area contributed by atoms with Crippen molar-refractivity contribution >= 4 is 23.3 Å². The largest absolute Gasteiger partial charge is 0.335 e. The molecule has 0 radical (unpaired) electrons. The lowest BCUT2D eigenvalue weighted by Gasteiger charge is -2.14. The molecule has 1 aliphatic carbocycles. The van der Waals surface area contributed by atoms with Gasteiger partial charge < -0.3 is 10.6 Å². The molecule has 2 amide bonds. The summed E-state index contributed by atoms with van der Waals surface area (Å²) in [7, 11) is 0. The number of amides is 2. The van der Waals surface area contributed by atoms with E-state index in [1.54, 1.807) is 0 Å². The van der Waals surface area contributed by atoms with Crippen LogP contribution in [0.4, 0.5) is 14.9 Å². The summed E-state index contributed by atoms with van der Waals surface area (Å²) in [6, 6.07) is 3.89. The predicted octanol–water partition coefficient (Wildman–Crippen LogP) is 3.40. The lowest BCUT2D eigenvalue weighted by Crippen LogP contribution is -2.37. The third-order valence-corrected chi connectivity index (χ3v) is 3.10. The van der Waals surface area contributed by atoms with E-state index in [9.17, 15) is 9.18 Å². The second-order valence-corrected chi connectivity index (χ2v) is 4.79. The summed E-state index contributed by atoms with van der Waals surface area (Å²) in [5.41, 5.74) is 0.134. The second-order valence-electron chi connectivity index (χ2n) is 4.35. The molecule has 0 heterocycles. The molecule has 1 aromatic carbocycles. The van der Waals surface area contributed by atoms with E-state index in [2.05, 4.69) is 10.6 Å². The maximum Gasteiger partial charge on any atom is 0.319 e. The van der Waals surface area contributed by atoms with Crippen molar-refractivity contribution in [2.45, 2.75) is 25.8 Å². The fourth-order valence-electron chi connectivity index (χ4n) is 1.67. The Morgan fingerprint density at radius 3 is 2.82 bits per heavy atom. The van der Waals surface area contributed by atoms with Crippen LogP contribution in [0.2, 0.25) is 5.02 Å². The van der Waals surface area contributed by atoms with Crippen molar-refractivity contribution in [3.63, 3.8) is 0 Å². The number of anilines is 1. The first kappa shape index (κ1) is 12.2. The highest BCUT2D eigenvalue weighted by Crippen LogP contribution is 2.32. The van der Waals surface area contributed by atoms with Crippen LogP contribution in [0, 0.1) is 11.7 Å². The molecule has 0 bridgehead atoms. The van der Waals surface area contributed by atoms with Crippen molar-refractivity contribution in [3.05, 3.63) is 29.0 Å². The van der Waals surface area contributed by atoms with E-state index in [1.807, 2.05) is 6.92 Å². The molecule has 1 saturated carbocycles. The predicted molar refractivity (Wildman–Crippen MR) is 65.8 cm³/mol. The number of rotatable bonds is 3. The van der Waals surface area contributed by atoms with Gasteiger partial charge in [0.2, 0.25) is 0 Å². The van der Waals surface area contributed by atoms with Gasteiger partial charge in [0.05, 0.1) is 5.69 Å². The zero-order valence-electron chi connectivity index (χ0n) is 9.47. The zero-order valence-corrected chi connectivity index (χ0v) is 10.2. The fraction of sp³-hybridized carbons (Fsp3) is 0.417. The van der Waals surface area contributed by atoms with Crippen LogP contribution in [0.3, 0.4) is 0 Å². The van der Waals surface area contributed by atoms with Gasteiger partial charge in [-0.15, -0.1) is 0 Å². The number of benzene rings is 1. The average Bonchev–Trinajstić information content (AvgIpc) is 3.05. The minimum atomic E-state index is -0.535. The van der Waals surface area contributed by atoms with Crippen LogP contribution in [0.5, 0.6) is 0 Å². The fourth-order valence-corrected chi connectivity index (χ4v) is 1.83. The summed E-state index contributed by atoms with van der Waals surface area (Å²) >= 11 is 5.62. The second kappa shape index (κ2) is 4.92. The van der Waals surface area contributed by atoms with Crippen molar-refractivity contribution in [1.82, 2.24) is 5.32 Å². The Morgan fingerprint density at radius 1 is 1.53 bits per heavy atom. The van der Waals surface area contributed by atoms with Gasteiger partial charge in [-0.05, 0) is 43.9 Å². The van der Waals surface area contributed by atoms with E-state index in [-0.39, 0.29) is 17.8 Å². The summed E-state index contributed by atoms with van der Waals surface area (Å²) in [5, 5.41) is 5.56. The minimum Gasteiger partial charge on any atom is -0.335 e. The quantitative estimate of drug-likeness (QED) is 0.855. The number of carbonyl (C=O) groups is 1. The summed E-state index contributed by atoms with van der Waals surface area (Å²) < 4.78 is 13.4. The van der Waals surface area contributed by atoms with Crippen LogP contribution >= 0.6 is 11.6 Å². The molecule has 1 aliphatic rings. The van der Waals surface area contributed by atoms with Gasteiger partial charge in [-0.2, -0.15) is 0 Å². The summed E-state index contributed by atoms with van der Waals surface area (Å²) in [6.07, 6.45) is 2.30. The van der Waals surface area contributed by atoms with E-state index in [0.29, 0.717) is 10.9 Å². The molecule has 1 fully saturated rings. The first-order chi connectivity index (χ1) is 8.06. The van der Waals surface area contributed by atoms with E-state index >= 15 is 0 Å². The average molecular weight is 257 g/mol. The van der Waals surface area contributed by atoms with Gasteiger partial charge in [0.15, 0.2) is 0 Å². The molecule has 2 rings (SSSR count). The van der Waals surface area contributed by atoms with Crippen molar-refractivity contribution in [2.75, 3.05) is 5.32 Å². The number of hydrogen-bond donors (Lipinski definition) is 2. The number of carbonyl (C=O) groups excluding carboxylic acids is 1. The SMILES string of the molecule is CC(NC(=O)Nc1ccc(Cl)cc1F)C1CC1. The van der Waals surface area contributed by atoms with Crippen LogP contribution in [0.15, 0.2) is 18.2 Å². The van der Waals surface area contributed by atoms with Gasteiger partial charge in [0.1, 0.15) is 5.82 Å². The molecule has 1 atom stereocenters. The normalized spacial score (nSPS) is 16.4. The van der Waals surface area contributed by atoms with Gasteiger partial charge in [-0.1, -0.05) is 11.6 Å². The highest BCUT2D eigenvalue weighted by atomic mass is 35.5. The van der Waals surface area contributed by atoms with Crippen LogP contribution < -0.4 is 10.6 Å². The first-order valence-corrected chi connectivity index (χ1v) is 5.96. The van der Waals surface area contributed by atoms with E-state index in [1.165, 1.54) is 18.2 Å². The lowest BCUT2D eigenvalue weighted by atomic mass is 10.2. The number of halogens is 2. The number of hydrogen-bond acceptors (Lipinski definition) is 1. The van der Waals surface area contributed by atoms with Gasteiger partial charge in [0.25, 0.3) is 0 Å². The Kier molecular flexibility index (Phi) is 3.52. The maximum absolute atomic E-state index is 13.4. The maximum atomic E-state index is 13.4. The topological polar surface area (TPSA) is 41.1 Å². The minimum absolute atomic E-state index is 0.130. The van der Waals surface area contributed by atoms with Gasteiger partial charge >= 0.3 is 6.03 Å². The highest BCUT2D eigenvalue weighted by molar-refractivity contribution is 6.30. The van der Waals surface area contributed by atoms with Crippen LogP contribution in [-0.2, 0) is 0 Å². The molecule has 1 unspecified atom stereocenters. The van der Waals surface area contributed by atoms with Crippen LogP contribution in [-0.4, -0.2) is 12.1 Å². The van der Waals surface area contributed by atoms with Crippen LogP contribution in [0.1, 0.15) is 19.8 Å². The third kappa shape index (κ3) is 3.33. The first-order valence-electron chi connectivity index (χ1n) is 5.59. The molecule has 0 aromatic heterocycles. The summed E-state index contributed by atoms with van der Waals surface area (Å²) in [5.74, 6) is 0.0301. The van der Waals surface area contributed by atoms with Crippen molar-refractivity contribution in [2.24, 2.45) is 5.92 Å². The molecule has 92 valence electrons. The van der Waals surface area contributed by atoms with E-state index in [0.717, 1.165) is 12.8 Å². The molecule has 5 heteroatoms. The molecule has 3 nitrogen and oxygen atoms in total. The van der Waals surface area contributed by atoms with Gasteiger partial charge in [-0.25, -0.2) is 9.18 Å². The Balaban J connectivity index is 1.92. The molecular weight excluding hydrogens is 243 g/mol. The molecule has 0 saturated heterocycles. The van der Waals surface area contributed by atoms with Crippen molar-refractivity contribution < 1.29 is 9.18 Å². The summed E-state index contributed by atoms with van der Waals surface area (Å²) in [6.45, 7) is 1.95. The monoisotopic (exact) mass is 256 g/mol. The van der Waals surface area contributed by atoms with Gasteiger partial charge in [-0.3, -0.25) is 0 Å². The lowest BCUT2D eigenvalue weighted by molar-refractivity contribution is 0.248. The molecular formula is C12H14ClFN2O. The van der Waals surface area contributed by atoms with E-state index in [4.69, 9.17) is 11.6 Å². The zero-order chi connectivity index (χ0) is 12.4. The number of urea groups is 1. The molecule has 0 spiro atoms. The molecule has 1 aromatic rings. The Labute approximate surface area is 104 Å². The third-order valence-electron chi connectivity index (χ3n) is 2.87. The smallest absolute Gasteiger partial charge is 0.319 e. The Morgan fingerprint density at radius 2 is 2.24 bits per heavy atom. The molecule has 17 heavy (non-hydrogen) atoms. The van der Waals surface area contributed by atoms with Gasteiger partial charge in [0, 0.05) is 11.1 Å². The van der Waals surface area contributed by atoms with Crippen molar-refractivity contribution in [1.29, 1.82) is 0 Å². The van der Waals surface area contributed by atoms with E-state index < -0.39 is 5.82 Å². The van der Waals surface area contributed by atoms with Crippen LogP contribution in [0.25, 0.3) is 0 Å². The summed E-state index contributed by atoms with van der Waals surface area (Å²) in [4.78, 5) is 11.6. The Hall–Kier alpha value is -1.29. The van der Waals surface area contributed by atoms with Crippen molar-refractivity contribution in [3.8, 4) is 0 Å². The Bertz CT molecular complexity index is 435.